The van der Waals surface area contributed by atoms with Crippen molar-refractivity contribution in [1.82, 2.24) is 29.9 Å². The van der Waals surface area contributed by atoms with E-state index in [0.717, 1.165) is 16.0 Å². The van der Waals surface area contributed by atoms with Crippen molar-refractivity contribution in [2.75, 3.05) is 5.32 Å². The maximum absolute atomic E-state index is 6.03. The van der Waals surface area contributed by atoms with Crippen molar-refractivity contribution in [2.45, 2.75) is 6.54 Å². The molecule has 4 aromatic heterocycles. The number of fused-ring (bicyclic) bond motifs is 2. The molecule has 0 unspecified atom stereocenters. The Balaban J connectivity index is 1.47. The molecule has 0 fully saturated rings. The standard InChI is InChI=1S/C18H12ClN7S/c19-12-2-1-3-13(7-12)22-16-9-21-17-18(23-16)26(25-24-17)10-14-6-11-8-20-5-4-15(11)27-14/h1-9H,10H2,(H,22,23). The summed E-state index contributed by atoms with van der Waals surface area (Å²) in [5.41, 5.74) is 1.97. The van der Waals surface area contributed by atoms with Crippen LogP contribution in [0.3, 0.4) is 0 Å². The summed E-state index contributed by atoms with van der Waals surface area (Å²) < 4.78 is 2.95. The smallest absolute Gasteiger partial charge is 0.221 e. The summed E-state index contributed by atoms with van der Waals surface area (Å²) >= 11 is 7.74. The molecule has 0 amide bonds. The second-order valence-electron chi connectivity index (χ2n) is 5.91. The van der Waals surface area contributed by atoms with Gasteiger partial charge in [0.1, 0.15) is 0 Å². The number of nitrogens with one attached hydrogen (secondary N) is 1. The first kappa shape index (κ1) is 16.1. The Kier molecular flexibility index (Phi) is 3.92. The fourth-order valence-corrected chi connectivity index (χ4v) is 4.01. The van der Waals surface area contributed by atoms with Gasteiger partial charge >= 0.3 is 0 Å². The molecule has 4 heterocycles. The van der Waals surface area contributed by atoms with Crippen molar-refractivity contribution in [3.05, 3.63) is 64.9 Å². The zero-order valence-corrected chi connectivity index (χ0v) is 15.4. The fourth-order valence-electron chi connectivity index (χ4n) is 2.80. The van der Waals surface area contributed by atoms with E-state index < -0.39 is 0 Å². The number of anilines is 2. The van der Waals surface area contributed by atoms with E-state index in [-0.39, 0.29) is 0 Å². The second-order valence-corrected chi connectivity index (χ2v) is 7.52. The summed E-state index contributed by atoms with van der Waals surface area (Å²) in [5.74, 6) is 0.605. The average molecular weight is 394 g/mol. The van der Waals surface area contributed by atoms with E-state index in [9.17, 15) is 0 Å². The highest BCUT2D eigenvalue weighted by atomic mass is 35.5. The van der Waals surface area contributed by atoms with Gasteiger partial charge in [-0.05, 0) is 30.3 Å². The Hall–Kier alpha value is -3.10. The van der Waals surface area contributed by atoms with Crippen LogP contribution in [-0.2, 0) is 6.54 Å². The lowest BCUT2D eigenvalue weighted by molar-refractivity contribution is 0.671. The molecule has 0 aliphatic rings. The third-order valence-electron chi connectivity index (χ3n) is 4.00. The van der Waals surface area contributed by atoms with Gasteiger partial charge in [-0.3, -0.25) is 4.98 Å². The molecular weight excluding hydrogens is 382 g/mol. The second kappa shape index (κ2) is 6.57. The van der Waals surface area contributed by atoms with E-state index in [0.29, 0.717) is 28.7 Å². The van der Waals surface area contributed by atoms with Gasteiger partial charge in [0.2, 0.25) is 5.65 Å². The molecule has 5 aromatic rings. The first-order valence-corrected chi connectivity index (χ1v) is 9.35. The zero-order chi connectivity index (χ0) is 18.2. The molecule has 1 aromatic carbocycles. The Labute approximate surface area is 162 Å². The maximum Gasteiger partial charge on any atom is 0.221 e. The first-order chi connectivity index (χ1) is 13.2. The van der Waals surface area contributed by atoms with E-state index in [4.69, 9.17) is 11.6 Å². The molecule has 0 saturated carbocycles. The number of hydrogen-bond donors (Lipinski definition) is 1. The normalized spacial score (nSPS) is 11.3. The van der Waals surface area contributed by atoms with Gasteiger partial charge in [-0.1, -0.05) is 22.9 Å². The number of nitrogens with zero attached hydrogens (tertiary/aromatic N) is 6. The highest BCUT2D eigenvalue weighted by Crippen LogP contribution is 2.26. The molecule has 0 aliphatic heterocycles. The minimum Gasteiger partial charge on any atom is -0.339 e. The van der Waals surface area contributed by atoms with Crippen LogP contribution >= 0.6 is 22.9 Å². The molecule has 0 spiro atoms. The van der Waals surface area contributed by atoms with Crippen molar-refractivity contribution in [3.63, 3.8) is 0 Å². The number of rotatable bonds is 4. The number of benzene rings is 1. The van der Waals surface area contributed by atoms with Crippen LogP contribution in [0.4, 0.5) is 11.5 Å². The molecule has 0 saturated heterocycles. The quantitative estimate of drug-likeness (QED) is 0.491. The zero-order valence-electron chi connectivity index (χ0n) is 13.9. The minimum absolute atomic E-state index is 0.509. The molecule has 5 rings (SSSR count). The largest absolute Gasteiger partial charge is 0.339 e. The van der Waals surface area contributed by atoms with E-state index in [1.54, 1.807) is 28.4 Å². The van der Waals surface area contributed by atoms with Crippen molar-refractivity contribution in [3.8, 4) is 0 Å². The number of halogens is 1. The molecule has 27 heavy (non-hydrogen) atoms. The van der Waals surface area contributed by atoms with Gasteiger partial charge in [0.25, 0.3) is 0 Å². The topological polar surface area (TPSA) is 81.4 Å². The van der Waals surface area contributed by atoms with Gasteiger partial charge < -0.3 is 5.32 Å². The van der Waals surface area contributed by atoms with E-state index >= 15 is 0 Å². The van der Waals surface area contributed by atoms with Gasteiger partial charge in [-0.15, -0.1) is 16.4 Å². The van der Waals surface area contributed by atoms with Crippen LogP contribution in [-0.4, -0.2) is 29.9 Å². The molecule has 132 valence electrons. The van der Waals surface area contributed by atoms with Crippen LogP contribution in [0, 0.1) is 0 Å². The van der Waals surface area contributed by atoms with Crippen LogP contribution in [0.2, 0.25) is 5.02 Å². The number of thiophene rings is 1. The molecule has 9 heteroatoms. The summed E-state index contributed by atoms with van der Waals surface area (Å²) in [6.07, 6.45) is 5.29. The number of hydrogen-bond acceptors (Lipinski definition) is 7. The Morgan fingerprint density at radius 1 is 1.15 bits per heavy atom. The third kappa shape index (κ3) is 3.20. The van der Waals surface area contributed by atoms with E-state index in [1.807, 2.05) is 36.5 Å². The van der Waals surface area contributed by atoms with Gasteiger partial charge in [0.05, 0.1) is 12.7 Å². The van der Waals surface area contributed by atoms with Crippen molar-refractivity contribution >= 4 is 55.8 Å². The lowest BCUT2D eigenvalue weighted by Gasteiger charge is -2.06. The fraction of sp³-hybridized carbons (Fsp3) is 0.0556. The average Bonchev–Trinajstić information content (AvgIpc) is 3.25. The summed E-state index contributed by atoms with van der Waals surface area (Å²) in [4.78, 5) is 14.3. The SMILES string of the molecule is Clc1cccc(Nc2cnc3nnn(Cc4cc5cnccc5s4)c3n2)c1. The van der Waals surface area contributed by atoms with Gasteiger partial charge in [0, 0.05) is 38.1 Å². The highest BCUT2D eigenvalue weighted by molar-refractivity contribution is 7.19. The Morgan fingerprint density at radius 2 is 2.11 bits per heavy atom. The summed E-state index contributed by atoms with van der Waals surface area (Å²) in [6.45, 7) is 0.575. The monoisotopic (exact) mass is 393 g/mol. The summed E-state index contributed by atoms with van der Waals surface area (Å²) in [7, 11) is 0. The number of aromatic nitrogens is 6. The predicted octanol–water partition coefficient (Wildman–Crippen LogP) is 4.28. The third-order valence-corrected chi connectivity index (χ3v) is 5.33. The molecule has 1 N–H and O–H groups in total. The molecule has 7 nitrogen and oxygen atoms in total. The minimum atomic E-state index is 0.509. The summed E-state index contributed by atoms with van der Waals surface area (Å²) in [5, 5.41) is 13.3. The molecule has 0 aliphatic carbocycles. The van der Waals surface area contributed by atoms with Gasteiger partial charge in [-0.2, -0.15) is 0 Å². The predicted molar refractivity (Wildman–Crippen MR) is 107 cm³/mol. The lowest BCUT2D eigenvalue weighted by Crippen LogP contribution is -2.03. The van der Waals surface area contributed by atoms with Gasteiger partial charge in [0.15, 0.2) is 11.5 Å². The summed E-state index contributed by atoms with van der Waals surface area (Å²) in [6, 6.07) is 11.6. The molecule has 0 atom stereocenters. The molecule has 0 bridgehead atoms. The van der Waals surface area contributed by atoms with Crippen LogP contribution in [0.15, 0.2) is 55.0 Å². The van der Waals surface area contributed by atoms with Crippen molar-refractivity contribution < 1.29 is 0 Å². The van der Waals surface area contributed by atoms with Crippen LogP contribution < -0.4 is 5.32 Å². The first-order valence-electron chi connectivity index (χ1n) is 8.16. The van der Waals surface area contributed by atoms with Gasteiger partial charge in [-0.25, -0.2) is 14.6 Å². The van der Waals surface area contributed by atoms with E-state index in [2.05, 4.69) is 36.6 Å². The molecule has 0 radical (unpaired) electrons. The van der Waals surface area contributed by atoms with Crippen molar-refractivity contribution in [1.29, 1.82) is 0 Å². The number of pyridine rings is 1. The highest BCUT2D eigenvalue weighted by Gasteiger charge is 2.11. The van der Waals surface area contributed by atoms with Crippen molar-refractivity contribution in [2.24, 2.45) is 0 Å². The Bertz CT molecular complexity index is 1230. The Morgan fingerprint density at radius 3 is 3.00 bits per heavy atom. The van der Waals surface area contributed by atoms with Crippen LogP contribution in [0.5, 0.6) is 0 Å². The maximum atomic E-state index is 6.03. The van der Waals surface area contributed by atoms with Crippen LogP contribution in [0.1, 0.15) is 4.88 Å². The molecular formula is C18H12ClN7S. The van der Waals surface area contributed by atoms with Crippen LogP contribution in [0.25, 0.3) is 21.4 Å². The van der Waals surface area contributed by atoms with E-state index in [1.165, 1.54) is 4.70 Å². The lowest BCUT2D eigenvalue weighted by atomic mass is 10.3.